The van der Waals surface area contributed by atoms with Gasteiger partial charge in [-0.2, -0.15) is 0 Å². The Morgan fingerprint density at radius 3 is 2.50 bits per heavy atom. The van der Waals surface area contributed by atoms with Gasteiger partial charge in [-0.1, -0.05) is 0 Å². The van der Waals surface area contributed by atoms with E-state index in [0.717, 1.165) is 56.9 Å². The maximum Gasteiger partial charge on any atom is 0.145 e. The van der Waals surface area contributed by atoms with Crippen molar-refractivity contribution in [2.24, 2.45) is 0 Å². The third-order valence-corrected chi connectivity index (χ3v) is 3.76. The zero-order chi connectivity index (χ0) is 14.4. The molecule has 0 spiro atoms. The predicted molar refractivity (Wildman–Crippen MR) is 81.6 cm³/mol. The van der Waals surface area contributed by atoms with E-state index in [1.54, 1.807) is 14.2 Å². The SMILES string of the molecule is COc1cc(OC)c(CCCN2CCNCC2)cc1N. The second-order valence-electron chi connectivity index (χ2n) is 5.10. The van der Waals surface area contributed by atoms with Crippen LogP contribution in [0.15, 0.2) is 12.1 Å². The molecule has 1 saturated heterocycles. The Morgan fingerprint density at radius 1 is 1.15 bits per heavy atom. The molecule has 3 N–H and O–H groups in total. The van der Waals surface area contributed by atoms with Crippen LogP contribution in [0.4, 0.5) is 5.69 Å². The number of benzene rings is 1. The van der Waals surface area contributed by atoms with Gasteiger partial charge >= 0.3 is 0 Å². The number of ether oxygens (including phenoxy) is 2. The predicted octanol–water partition coefficient (Wildman–Crippen LogP) is 1.12. The van der Waals surface area contributed by atoms with Crippen molar-refractivity contribution in [3.8, 4) is 11.5 Å². The lowest BCUT2D eigenvalue weighted by Gasteiger charge is -2.27. The highest BCUT2D eigenvalue weighted by atomic mass is 16.5. The first kappa shape index (κ1) is 14.9. The van der Waals surface area contributed by atoms with Crippen LogP contribution in [-0.4, -0.2) is 51.8 Å². The van der Waals surface area contributed by atoms with Crippen molar-refractivity contribution in [1.82, 2.24) is 10.2 Å². The fourth-order valence-corrected chi connectivity index (χ4v) is 2.62. The first-order valence-electron chi connectivity index (χ1n) is 7.18. The van der Waals surface area contributed by atoms with Crippen molar-refractivity contribution in [2.75, 3.05) is 52.7 Å². The molecule has 5 heteroatoms. The molecule has 0 aromatic heterocycles. The Balaban J connectivity index is 1.92. The number of piperazine rings is 1. The van der Waals surface area contributed by atoms with Crippen LogP contribution in [-0.2, 0) is 6.42 Å². The number of aryl methyl sites for hydroxylation is 1. The lowest BCUT2D eigenvalue weighted by atomic mass is 10.1. The van der Waals surface area contributed by atoms with Crippen LogP contribution in [0, 0.1) is 0 Å². The topological polar surface area (TPSA) is 59.8 Å². The largest absolute Gasteiger partial charge is 0.496 e. The van der Waals surface area contributed by atoms with Crippen LogP contribution in [0.25, 0.3) is 0 Å². The number of hydrogen-bond donors (Lipinski definition) is 2. The van der Waals surface area contributed by atoms with E-state index >= 15 is 0 Å². The van der Waals surface area contributed by atoms with E-state index in [2.05, 4.69) is 10.2 Å². The molecule has 0 aliphatic carbocycles. The van der Waals surface area contributed by atoms with Crippen LogP contribution in [0.2, 0.25) is 0 Å². The molecule has 0 amide bonds. The summed E-state index contributed by atoms with van der Waals surface area (Å²) in [7, 11) is 3.31. The highest BCUT2D eigenvalue weighted by Gasteiger charge is 2.11. The summed E-state index contributed by atoms with van der Waals surface area (Å²) in [4.78, 5) is 2.50. The molecule has 1 aliphatic heterocycles. The van der Waals surface area contributed by atoms with Gasteiger partial charge in [-0.05, 0) is 31.0 Å². The molecule has 1 aromatic rings. The van der Waals surface area contributed by atoms with E-state index in [0.29, 0.717) is 11.4 Å². The van der Waals surface area contributed by atoms with Crippen molar-refractivity contribution in [3.05, 3.63) is 17.7 Å². The summed E-state index contributed by atoms with van der Waals surface area (Å²) in [5.74, 6) is 1.53. The van der Waals surface area contributed by atoms with Gasteiger partial charge in [-0.3, -0.25) is 0 Å². The van der Waals surface area contributed by atoms with Crippen molar-refractivity contribution in [1.29, 1.82) is 0 Å². The van der Waals surface area contributed by atoms with Crippen LogP contribution < -0.4 is 20.5 Å². The maximum absolute atomic E-state index is 5.97. The number of anilines is 1. The zero-order valence-electron chi connectivity index (χ0n) is 12.4. The third-order valence-electron chi connectivity index (χ3n) is 3.76. The fourth-order valence-electron chi connectivity index (χ4n) is 2.62. The first-order valence-corrected chi connectivity index (χ1v) is 7.18. The van der Waals surface area contributed by atoms with Crippen LogP contribution in [0.3, 0.4) is 0 Å². The summed E-state index contributed by atoms with van der Waals surface area (Å²) in [6.45, 7) is 5.60. The molecule has 20 heavy (non-hydrogen) atoms. The van der Waals surface area contributed by atoms with Crippen LogP contribution >= 0.6 is 0 Å². The number of nitrogens with one attached hydrogen (secondary N) is 1. The molecule has 0 saturated carbocycles. The lowest BCUT2D eigenvalue weighted by Crippen LogP contribution is -2.43. The van der Waals surface area contributed by atoms with E-state index in [1.165, 1.54) is 0 Å². The molecule has 0 unspecified atom stereocenters. The van der Waals surface area contributed by atoms with Crippen molar-refractivity contribution < 1.29 is 9.47 Å². The van der Waals surface area contributed by atoms with Crippen LogP contribution in [0.1, 0.15) is 12.0 Å². The third kappa shape index (κ3) is 3.77. The molecule has 112 valence electrons. The molecule has 1 aromatic carbocycles. The van der Waals surface area contributed by atoms with Crippen LogP contribution in [0.5, 0.6) is 11.5 Å². The molecule has 1 fully saturated rings. The minimum Gasteiger partial charge on any atom is -0.496 e. The molecule has 0 radical (unpaired) electrons. The molecular weight excluding hydrogens is 254 g/mol. The van der Waals surface area contributed by atoms with Gasteiger partial charge in [0.05, 0.1) is 19.9 Å². The summed E-state index contributed by atoms with van der Waals surface area (Å²) >= 11 is 0. The lowest BCUT2D eigenvalue weighted by molar-refractivity contribution is 0.238. The number of nitrogens with two attached hydrogens (primary N) is 1. The second kappa shape index (κ2) is 7.36. The molecule has 1 aliphatic rings. The van der Waals surface area contributed by atoms with E-state index in [9.17, 15) is 0 Å². The van der Waals surface area contributed by atoms with Gasteiger partial charge in [-0.15, -0.1) is 0 Å². The normalized spacial score (nSPS) is 16.1. The number of hydrogen-bond acceptors (Lipinski definition) is 5. The van der Waals surface area contributed by atoms with E-state index < -0.39 is 0 Å². The average Bonchev–Trinajstić information content (AvgIpc) is 2.48. The van der Waals surface area contributed by atoms with E-state index in [1.807, 2.05) is 12.1 Å². The first-order chi connectivity index (χ1) is 9.74. The Hall–Kier alpha value is -1.46. The molecule has 0 bridgehead atoms. The van der Waals surface area contributed by atoms with Gasteiger partial charge in [0.2, 0.25) is 0 Å². The van der Waals surface area contributed by atoms with Gasteiger partial charge in [0.1, 0.15) is 11.5 Å². The fraction of sp³-hybridized carbons (Fsp3) is 0.600. The molecule has 5 nitrogen and oxygen atoms in total. The van der Waals surface area contributed by atoms with Gasteiger partial charge in [0, 0.05) is 32.2 Å². The number of nitrogen functional groups attached to an aromatic ring is 1. The minimum atomic E-state index is 0.672. The Bertz CT molecular complexity index is 431. The monoisotopic (exact) mass is 279 g/mol. The van der Waals surface area contributed by atoms with Gasteiger partial charge in [0.15, 0.2) is 0 Å². The smallest absolute Gasteiger partial charge is 0.145 e. The average molecular weight is 279 g/mol. The van der Waals surface area contributed by atoms with E-state index in [-0.39, 0.29) is 0 Å². The summed E-state index contributed by atoms with van der Waals surface area (Å²) < 4.78 is 10.6. The highest BCUT2D eigenvalue weighted by Crippen LogP contribution is 2.31. The summed E-state index contributed by atoms with van der Waals surface area (Å²) in [5, 5.41) is 3.37. The minimum absolute atomic E-state index is 0.672. The van der Waals surface area contributed by atoms with Crippen molar-refractivity contribution in [2.45, 2.75) is 12.8 Å². The molecule has 0 atom stereocenters. The Morgan fingerprint density at radius 2 is 1.85 bits per heavy atom. The standard InChI is InChI=1S/C15H25N3O2/c1-19-14-11-15(20-2)13(16)10-12(14)4-3-7-18-8-5-17-6-9-18/h10-11,17H,3-9,16H2,1-2H3. The Kier molecular flexibility index (Phi) is 5.49. The number of nitrogens with zero attached hydrogens (tertiary/aromatic N) is 1. The van der Waals surface area contributed by atoms with Gasteiger partial charge < -0.3 is 25.4 Å². The highest BCUT2D eigenvalue weighted by molar-refractivity contribution is 5.59. The maximum atomic E-state index is 5.97. The van der Waals surface area contributed by atoms with Crippen molar-refractivity contribution in [3.63, 3.8) is 0 Å². The molecular formula is C15H25N3O2. The summed E-state index contributed by atoms with van der Waals surface area (Å²) in [5.41, 5.74) is 7.80. The molecule has 2 rings (SSSR count). The second-order valence-corrected chi connectivity index (χ2v) is 5.10. The summed E-state index contributed by atoms with van der Waals surface area (Å²) in [6.07, 6.45) is 2.09. The van der Waals surface area contributed by atoms with Gasteiger partial charge in [-0.25, -0.2) is 0 Å². The zero-order valence-corrected chi connectivity index (χ0v) is 12.4. The van der Waals surface area contributed by atoms with E-state index in [4.69, 9.17) is 15.2 Å². The number of rotatable bonds is 6. The quantitative estimate of drug-likeness (QED) is 0.764. The van der Waals surface area contributed by atoms with Gasteiger partial charge in [0.25, 0.3) is 0 Å². The number of methoxy groups -OCH3 is 2. The van der Waals surface area contributed by atoms with Crippen molar-refractivity contribution >= 4 is 5.69 Å². The summed E-state index contributed by atoms with van der Waals surface area (Å²) in [6, 6.07) is 3.84. The molecule has 1 heterocycles. The Labute approximate surface area is 121 Å².